The van der Waals surface area contributed by atoms with E-state index in [0.29, 0.717) is 11.3 Å². The van der Waals surface area contributed by atoms with Gasteiger partial charge in [-0.05, 0) is 25.8 Å². The number of carbonyl (C=O) groups is 1. The number of hydrogen-bond acceptors (Lipinski definition) is 3. The van der Waals surface area contributed by atoms with Crippen molar-refractivity contribution in [3.8, 4) is 0 Å². The van der Waals surface area contributed by atoms with E-state index in [1.165, 1.54) is 19.3 Å². The van der Waals surface area contributed by atoms with Crippen molar-refractivity contribution in [3.05, 3.63) is 11.0 Å². The Balaban J connectivity index is 1.86. The van der Waals surface area contributed by atoms with E-state index < -0.39 is 0 Å². The van der Waals surface area contributed by atoms with E-state index in [1.807, 2.05) is 0 Å². The second-order valence-corrected chi connectivity index (χ2v) is 5.38. The molecule has 15 heavy (non-hydrogen) atoms. The Morgan fingerprint density at radius 2 is 2.47 bits per heavy atom. The molecule has 2 aliphatic rings. The molecule has 1 unspecified atom stereocenters. The van der Waals surface area contributed by atoms with Crippen LogP contribution in [0.4, 0.5) is 0 Å². The van der Waals surface area contributed by atoms with Crippen molar-refractivity contribution in [2.24, 2.45) is 0 Å². The number of piperidine rings is 1. The largest absolute Gasteiger partial charge is 0.355 e. The van der Waals surface area contributed by atoms with Gasteiger partial charge in [0.1, 0.15) is 0 Å². The zero-order valence-corrected chi connectivity index (χ0v) is 9.90. The minimum absolute atomic E-state index is 0.0679. The Morgan fingerprint density at radius 3 is 3.13 bits per heavy atom. The quantitative estimate of drug-likeness (QED) is 0.745. The standard InChI is InChI=1S/C11H18N2OS/c1-12-11(14)10-6-5-9(15-10)8-4-2-3-7-13-8/h6,8-9,13H,2-5,7H2,1H3,(H,12,14)/t8-,9?/m0/s1. The number of hydrogen-bond donors (Lipinski definition) is 2. The summed E-state index contributed by atoms with van der Waals surface area (Å²) < 4.78 is 0. The molecule has 2 atom stereocenters. The average molecular weight is 226 g/mol. The summed E-state index contributed by atoms with van der Waals surface area (Å²) in [5.41, 5.74) is 0. The second kappa shape index (κ2) is 5.03. The highest BCUT2D eigenvalue weighted by Crippen LogP contribution is 2.36. The third-order valence-electron chi connectivity index (χ3n) is 3.06. The summed E-state index contributed by atoms with van der Waals surface area (Å²) in [7, 11) is 1.69. The molecular weight excluding hydrogens is 208 g/mol. The van der Waals surface area contributed by atoms with Crippen LogP contribution in [0.2, 0.25) is 0 Å². The van der Waals surface area contributed by atoms with Crippen molar-refractivity contribution in [3.63, 3.8) is 0 Å². The van der Waals surface area contributed by atoms with Crippen molar-refractivity contribution in [2.45, 2.75) is 37.0 Å². The summed E-state index contributed by atoms with van der Waals surface area (Å²) in [6.07, 6.45) is 6.98. The van der Waals surface area contributed by atoms with Crippen molar-refractivity contribution in [2.75, 3.05) is 13.6 Å². The van der Waals surface area contributed by atoms with Gasteiger partial charge in [0, 0.05) is 18.3 Å². The summed E-state index contributed by atoms with van der Waals surface area (Å²) in [5.74, 6) is 0.0679. The number of thioether (sulfide) groups is 1. The van der Waals surface area contributed by atoms with E-state index in [-0.39, 0.29) is 5.91 Å². The SMILES string of the molecule is CNC(=O)C1=CCC([C@@H]2CCCCN2)S1. The number of nitrogens with one attached hydrogen (secondary N) is 2. The van der Waals surface area contributed by atoms with Crippen molar-refractivity contribution in [1.29, 1.82) is 0 Å². The lowest BCUT2D eigenvalue weighted by atomic mass is 10.0. The Kier molecular flexibility index (Phi) is 3.70. The first-order valence-corrected chi connectivity index (χ1v) is 6.51. The third kappa shape index (κ3) is 2.55. The lowest BCUT2D eigenvalue weighted by Crippen LogP contribution is -2.40. The number of allylic oxidation sites excluding steroid dienone is 1. The molecule has 1 saturated heterocycles. The fourth-order valence-electron chi connectivity index (χ4n) is 2.19. The molecule has 0 spiro atoms. The topological polar surface area (TPSA) is 41.1 Å². The molecule has 0 aliphatic carbocycles. The van der Waals surface area contributed by atoms with E-state index in [0.717, 1.165) is 17.9 Å². The molecule has 2 heterocycles. The first-order chi connectivity index (χ1) is 7.31. The van der Waals surface area contributed by atoms with Crippen LogP contribution in [0.1, 0.15) is 25.7 Å². The van der Waals surface area contributed by atoms with Gasteiger partial charge in [-0.3, -0.25) is 4.79 Å². The minimum atomic E-state index is 0.0679. The molecule has 0 saturated carbocycles. The second-order valence-electron chi connectivity index (χ2n) is 4.10. The number of rotatable bonds is 2. The van der Waals surface area contributed by atoms with Gasteiger partial charge in [-0.2, -0.15) is 0 Å². The summed E-state index contributed by atoms with van der Waals surface area (Å²) in [5, 5.41) is 6.80. The molecule has 1 fully saturated rings. The van der Waals surface area contributed by atoms with E-state index in [4.69, 9.17) is 0 Å². The van der Waals surface area contributed by atoms with E-state index in [2.05, 4.69) is 16.7 Å². The molecule has 2 rings (SSSR count). The van der Waals surface area contributed by atoms with Gasteiger partial charge in [0.15, 0.2) is 0 Å². The van der Waals surface area contributed by atoms with Gasteiger partial charge in [-0.1, -0.05) is 12.5 Å². The molecule has 0 radical (unpaired) electrons. The third-order valence-corrected chi connectivity index (χ3v) is 4.49. The van der Waals surface area contributed by atoms with Gasteiger partial charge in [0.25, 0.3) is 5.91 Å². The fraction of sp³-hybridized carbons (Fsp3) is 0.727. The van der Waals surface area contributed by atoms with E-state index in [1.54, 1.807) is 18.8 Å². The molecule has 0 aromatic heterocycles. The maximum atomic E-state index is 11.4. The van der Waals surface area contributed by atoms with Crippen LogP contribution in [0.3, 0.4) is 0 Å². The van der Waals surface area contributed by atoms with E-state index >= 15 is 0 Å². The number of likely N-dealkylation sites (N-methyl/N-ethyl adjacent to an activating group) is 1. The van der Waals surface area contributed by atoms with Gasteiger partial charge in [0.05, 0.1) is 4.91 Å². The lowest BCUT2D eigenvalue weighted by Gasteiger charge is -2.28. The Bertz CT molecular complexity index is 272. The molecule has 4 heteroatoms. The maximum absolute atomic E-state index is 11.4. The van der Waals surface area contributed by atoms with Crippen LogP contribution in [0.25, 0.3) is 0 Å². The molecule has 0 aromatic carbocycles. The highest BCUT2D eigenvalue weighted by Gasteiger charge is 2.29. The maximum Gasteiger partial charge on any atom is 0.257 e. The zero-order chi connectivity index (χ0) is 10.7. The first kappa shape index (κ1) is 11.0. The van der Waals surface area contributed by atoms with Crippen LogP contribution >= 0.6 is 11.8 Å². The highest BCUT2D eigenvalue weighted by atomic mass is 32.2. The van der Waals surface area contributed by atoms with Crippen LogP contribution in [0.5, 0.6) is 0 Å². The molecule has 1 amide bonds. The Hall–Kier alpha value is -0.480. The predicted molar refractivity (Wildman–Crippen MR) is 63.8 cm³/mol. The van der Waals surface area contributed by atoms with Crippen molar-refractivity contribution < 1.29 is 4.79 Å². The van der Waals surface area contributed by atoms with Crippen molar-refractivity contribution in [1.82, 2.24) is 10.6 Å². The van der Waals surface area contributed by atoms with Gasteiger partial charge in [-0.15, -0.1) is 11.8 Å². The summed E-state index contributed by atoms with van der Waals surface area (Å²) >= 11 is 1.74. The van der Waals surface area contributed by atoms with Gasteiger partial charge in [0.2, 0.25) is 0 Å². The van der Waals surface area contributed by atoms with E-state index in [9.17, 15) is 4.79 Å². The normalized spacial score (nSPS) is 31.1. The van der Waals surface area contributed by atoms with Crippen LogP contribution in [0, 0.1) is 0 Å². The van der Waals surface area contributed by atoms with Crippen LogP contribution in [-0.2, 0) is 4.79 Å². The summed E-state index contributed by atoms with van der Waals surface area (Å²) in [6.45, 7) is 1.14. The first-order valence-electron chi connectivity index (χ1n) is 5.63. The van der Waals surface area contributed by atoms with Gasteiger partial charge >= 0.3 is 0 Å². The van der Waals surface area contributed by atoms with Gasteiger partial charge < -0.3 is 10.6 Å². The highest BCUT2D eigenvalue weighted by molar-refractivity contribution is 8.04. The van der Waals surface area contributed by atoms with Crippen LogP contribution in [0.15, 0.2) is 11.0 Å². The molecule has 2 aliphatic heterocycles. The van der Waals surface area contributed by atoms with Gasteiger partial charge in [-0.25, -0.2) is 0 Å². The molecule has 84 valence electrons. The zero-order valence-electron chi connectivity index (χ0n) is 9.08. The molecule has 0 bridgehead atoms. The van der Waals surface area contributed by atoms with Crippen LogP contribution < -0.4 is 10.6 Å². The van der Waals surface area contributed by atoms with Crippen LogP contribution in [-0.4, -0.2) is 30.8 Å². The lowest BCUT2D eigenvalue weighted by molar-refractivity contribution is -0.116. The summed E-state index contributed by atoms with van der Waals surface area (Å²) in [6, 6.07) is 0.599. The number of carbonyl (C=O) groups excluding carboxylic acids is 1. The molecular formula is C11H18N2OS. The average Bonchev–Trinajstić information content (AvgIpc) is 2.78. The molecule has 2 N–H and O–H groups in total. The fourth-order valence-corrected chi connectivity index (χ4v) is 3.51. The summed E-state index contributed by atoms with van der Waals surface area (Å²) in [4.78, 5) is 12.3. The molecule has 0 aromatic rings. The number of amides is 1. The minimum Gasteiger partial charge on any atom is -0.355 e. The van der Waals surface area contributed by atoms with Crippen molar-refractivity contribution >= 4 is 17.7 Å². The Morgan fingerprint density at radius 1 is 1.60 bits per heavy atom. The smallest absolute Gasteiger partial charge is 0.257 e. The monoisotopic (exact) mass is 226 g/mol. The predicted octanol–water partition coefficient (Wildman–Crippen LogP) is 1.26. The Labute approximate surface area is 95.1 Å². The molecule has 3 nitrogen and oxygen atoms in total.